The van der Waals surface area contributed by atoms with Gasteiger partial charge in [-0.3, -0.25) is 4.79 Å². The normalized spacial score (nSPS) is 13.0. The fourth-order valence-electron chi connectivity index (χ4n) is 3.01. The first-order valence-electron chi connectivity index (χ1n) is 10.1. The molecule has 0 N–H and O–H groups in total. The zero-order valence-corrected chi connectivity index (χ0v) is 18.0. The van der Waals surface area contributed by atoms with Crippen LogP contribution in [0.25, 0.3) is 0 Å². The summed E-state index contributed by atoms with van der Waals surface area (Å²) in [6.07, 6.45) is 16.0. The highest BCUT2D eigenvalue weighted by molar-refractivity contribution is 6.69. The first kappa shape index (κ1) is 23.6. The Morgan fingerprint density at radius 2 is 1.33 bits per heavy atom. The Morgan fingerprint density at radius 3 is 1.83 bits per heavy atom. The van der Waals surface area contributed by atoms with Crippen LogP contribution in [0.3, 0.4) is 0 Å². The van der Waals surface area contributed by atoms with Crippen molar-refractivity contribution >= 4 is 14.3 Å². The molecule has 3 nitrogen and oxygen atoms in total. The van der Waals surface area contributed by atoms with Crippen molar-refractivity contribution in [1.82, 2.24) is 0 Å². The lowest BCUT2D eigenvalue weighted by atomic mass is 10.0. The van der Waals surface area contributed by atoms with E-state index in [-0.39, 0.29) is 5.97 Å². The number of methoxy groups -OCH3 is 1. The first-order chi connectivity index (χ1) is 11.4. The van der Waals surface area contributed by atoms with E-state index in [1.807, 2.05) is 0 Å². The molecule has 0 saturated carbocycles. The van der Waals surface area contributed by atoms with Crippen LogP contribution in [0.2, 0.25) is 19.6 Å². The van der Waals surface area contributed by atoms with Crippen molar-refractivity contribution in [1.29, 1.82) is 0 Å². The molecule has 0 aromatic rings. The van der Waals surface area contributed by atoms with Gasteiger partial charge >= 0.3 is 5.97 Å². The van der Waals surface area contributed by atoms with Crippen LogP contribution in [0.1, 0.15) is 90.4 Å². The van der Waals surface area contributed by atoms with Gasteiger partial charge in [0, 0.05) is 12.5 Å². The Labute approximate surface area is 152 Å². The van der Waals surface area contributed by atoms with Crippen LogP contribution in [0.15, 0.2) is 0 Å². The van der Waals surface area contributed by atoms with E-state index in [1.54, 1.807) is 0 Å². The van der Waals surface area contributed by atoms with Crippen molar-refractivity contribution in [3.63, 3.8) is 0 Å². The second-order valence-electron chi connectivity index (χ2n) is 7.94. The summed E-state index contributed by atoms with van der Waals surface area (Å²) in [5.41, 5.74) is 0. The van der Waals surface area contributed by atoms with Gasteiger partial charge in [0.1, 0.15) is 0 Å². The van der Waals surface area contributed by atoms with E-state index in [1.165, 1.54) is 58.5 Å². The zero-order valence-electron chi connectivity index (χ0n) is 17.0. The molecule has 0 bridgehead atoms. The van der Waals surface area contributed by atoms with Crippen molar-refractivity contribution < 1.29 is 14.0 Å². The lowest BCUT2D eigenvalue weighted by molar-refractivity contribution is -0.140. The summed E-state index contributed by atoms with van der Waals surface area (Å²) in [5, 5.41) is 0. The van der Waals surface area contributed by atoms with Crippen LogP contribution < -0.4 is 0 Å². The summed E-state index contributed by atoms with van der Waals surface area (Å²) in [5.74, 6) is -0.0898. The Balaban J connectivity index is 3.87. The van der Waals surface area contributed by atoms with E-state index >= 15 is 0 Å². The molecule has 1 unspecified atom stereocenters. The molecule has 0 aliphatic carbocycles. The molecule has 0 aliphatic rings. The third-order valence-electron chi connectivity index (χ3n) is 4.28. The highest BCUT2D eigenvalue weighted by atomic mass is 28.4. The standard InChI is InChI=1S/C20H42O3Si/c1-6-7-8-9-10-11-13-16-19(23-24(3,4)5)17-14-12-15-18-20(21)22-2/h19H,6-18H2,1-5H3. The quantitative estimate of drug-likeness (QED) is 0.180. The van der Waals surface area contributed by atoms with Gasteiger partial charge in [-0.25, -0.2) is 0 Å². The molecular weight excluding hydrogens is 316 g/mol. The first-order valence-corrected chi connectivity index (χ1v) is 13.5. The lowest BCUT2D eigenvalue weighted by Crippen LogP contribution is -2.32. The molecule has 0 radical (unpaired) electrons. The topological polar surface area (TPSA) is 35.5 Å². The summed E-state index contributed by atoms with van der Waals surface area (Å²) >= 11 is 0. The fourth-order valence-corrected chi connectivity index (χ4v) is 4.25. The molecule has 24 heavy (non-hydrogen) atoms. The van der Waals surface area contributed by atoms with Crippen molar-refractivity contribution in [2.24, 2.45) is 0 Å². The molecule has 1 atom stereocenters. The van der Waals surface area contributed by atoms with Crippen LogP contribution >= 0.6 is 0 Å². The summed E-state index contributed by atoms with van der Waals surface area (Å²) in [6.45, 7) is 9.11. The van der Waals surface area contributed by atoms with E-state index in [0.29, 0.717) is 12.5 Å². The van der Waals surface area contributed by atoms with Crippen molar-refractivity contribution in [2.75, 3.05) is 7.11 Å². The second kappa shape index (κ2) is 14.9. The number of hydrogen-bond acceptors (Lipinski definition) is 3. The third kappa shape index (κ3) is 16.5. The zero-order chi connectivity index (χ0) is 18.3. The second-order valence-corrected chi connectivity index (χ2v) is 12.4. The van der Waals surface area contributed by atoms with Crippen LogP contribution in [0.5, 0.6) is 0 Å². The minimum Gasteiger partial charge on any atom is -0.469 e. The van der Waals surface area contributed by atoms with Crippen LogP contribution in [0.4, 0.5) is 0 Å². The minimum atomic E-state index is -1.47. The molecule has 4 heteroatoms. The molecule has 0 rings (SSSR count). The van der Waals surface area contributed by atoms with E-state index < -0.39 is 8.32 Å². The van der Waals surface area contributed by atoms with Gasteiger partial charge < -0.3 is 9.16 Å². The Bertz CT molecular complexity index is 300. The molecule has 0 saturated heterocycles. The maximum absolute atomic E-state index is 11.1. The van der Waals surface area contributed by atoms with Gasteiger partial charge in [-0.05, 0) is 38.9 Å². The Morgan fingerprint density at radius 1 is 0.833 bits per heavy atom. The molecule has 0 heterocycles. The van der Waals surface area contributed by atoms with Gasteiger partial charge in [0.15, 0.2) is 8.32 Å². The van der Waals surface area contributed by atoms with E-state index in [4.69, 9.17) is 4.43 Å². The Hall–Kier alpha value is -0.353. The molecule has 0 spiro atoms. The molecule has 144 valence electrons. The van der Waals surface area contributed by atoms with E-state index in [0.717, 1.165) is 25.7 Å². The van der Waals surface area contributed by atoms with Crippen LogP contribution in [-0.2, 0) is 14.0 Å². The van der Waals surface area contributed by atoms with E-state index in [9.17, 15) is 4.79 Å². The number of unbranched alkanes of at least 4 members (excludes halogenated alkanes) is 8. The molecule has 0 aromatic carbocycles. The number of hydrogen-bond donors (Lipinski definition) is 0. The third-order valence-corrected chi connectivity index (χ3v) is 5.32. The summed E-state index contributed by atoms with van der Waals surface area (Å²) < 4.78 is 11.1. The molecule has 0 amide bonds. The molecule has 0 aromatic heterocycles. The van der Waals surface area contributed by atoms with Gasteiger partial charge in [-0.1, -0.05) is 64.7 Å². The van der Waals surface area contributed by atoms with Crippen molar-refractivity contribution in [3.05, 3.63) is 0 Å². The fraction of sp³-hybridized carbons (Fsp3) is 0.950. The SMILES string of the molecule is CCCCCCCCCC(CCCCCC(=O)OC)O[Si](C)(C)C. The minimum absolute atomic E-state index is 0.0898. The summed E-state index contributed by atoms with van der Waals surface area (Å²) in [4.78, 5) is 11.1. The van der Waals surface area contributed by atoms with Crippen molar-refractivity contribution in [3.8, 4) is 0 Å². The summed E-state index contributed by atoms with van der Waals surface area (Å²) in [7, 11) is -0.0119. The number of rotatable bonds is 16. The Kier molecular flexibility index (Phi) is 14.7. The maximum Gasteiger partial charge on any atom is 0.305 e. The highest BCUT2D eigenvalue weighted by Crippen LogP contribution is 2.20. The molecule has 0 aliphatic heterocycles. The molecule has 0 fully saturated rings. The van der Waals surface area contributed by atoms with Gasteiger partial charge in [0.25, 0.3) is 0 Å². The largest absolute Gasteiger partial charge is 0.469 e. The van der Waals surface area contributed by atoms with Crippen LogP contribution in [0, 0.1) is 0 Å². The van der Waals surface area contributed by atoms with Gasteiger partial charge in [0.05, 0.1) is 7.11 Å². The predicted octanol–water partition coefficient (Wildman–Crippen LogP) is 6.47. The van der Waals surface area contributed by atoms with Gasteiger partial charge in [0.2, 0.25) is 0 Å². The average molecular weight is 359 g/mol. The predicted molar refractivity (Wildman–Crippen MR) is 106 cm³/mol. The van der Waals surface area contributed by atoms with Crippen molar-refractivity contribution in [2.45, 2.75) is 116 Å². The van der Waals surface area contributed by atoms with Gasteiger partial charge in [-0.2, -0.15) is 0 Å². The summed E-state index contributed by atoms with van der Waals surface area (Å²) in [6, 6.07) is 0. The van der Waals surface area contributed by atoms with E-state index in [2.05, 4.69) is 31.3 Å². The maximum atomic E-state index is 11.1. The molecular formula is C20H42O3Si. The van der Waals surface area contributed by atoms with Crippen LogP contribution in [-0.4, -0.2) is 27.5 Å². The highest BCUT2D eigenvalue weighted by Gasteiger charge is 2.20. The number of esters is 1. The average Bonchev–Trinajstić information content (AvgIpc) is 2.51. The monoisotopic (exact) mass is 358 g/mol. The van der Waals surface area contributed by atoms with Gasteiger partial charge in [-0.15, -0.1) is 0 Å². The lowest BCUT2D eigenvalue weighted by Gasteiger charge is -2.26. The number of carbonyl (C=O) groups is 1. The number of ether oxygens (including phenoxy) is 1. The number of carbonyl (C=O) groups excluding carboxylic acids is 1. The smallest absolute Gasteiger partial charge is 0.305 e.